The molecule has 1 aromatic heterocycles. The molecule has 2 aromatic carbocycles. The van der Waals surface area contributed by atoms with Crippen molar-refractivity contribution in [2.75, 3.05) is 7.11 Å². The van der Waals surface area contributed by atoms with Gasteiger partial charge in [0.2, 0.25) is 0 Å². The van der Waals surface area contributed by atoms with Crippen LogP contribution >= 0.6 is 0 Å². The number of rotatable bonds is 8. The number of ether oxygens (including phenoxy) is 2. The maximum absolute atomic E-state index is 5.91. The summed E-state index contributed by atoms with van der Waals surface area (Å²) < 4.78 is 11.4. The Balaban J connectivity index is 1.64. The lowest BCUT2D eigenvalue weighted by atomic mass is 10.1. The Bertz CT molecular complexity index is 773. The van der Waals surface area contributed by atoms with Crippen LogP contribution in [-0.2, 0) is 13.2 Å². The quantitative estimate of drug-likeness (QED) is 0.655. The number of aromatic nitrogens is 2. The molecule has 5 nitrogen and oxygen atoms in total. The molecule has 0 spiro atoms. The van der Waals surface area contributed by atoms with Crippen LogP contribution in [0.5, 0.6) is 11.5 Å². The number of hydrogen-bond acceptors (Lipinski definition) is 4. The molecule has 1 heterocycles. The van der Waals surface area contributed by atoms with E-state index in [0.717, 1.165) is 28.5 Å². The van der Waals surface area contributed by atoms with Gasteiger partial charge in [0, 0.05) is 18.4 Å². The van der Waals surface area contributed by atoms with Gasteiger partial charge in [0.15, 0.2) is 11.5 Å². The topological polar surface area (TPSA) is 59.2 Å². The van der Waals surface area contributed by atoms with E-state index in [1.54, 1.807) is 13.3 Å². The first-order chi connectivity index (χ1) is 12.3. The minimum absolute atomic E-state index is 0.169. The van der Waals surface area contributed by atoms with E-state index >= 15 is 0 Å². The van der Waals surface area contributed by atoms with Gasteiger partial charge in [0.05, 0.1) is 13.7 Å². The van der Waals surface area contributed by atoms with Gasteiger partial charge < -0.3 is 19.8 Å². The Hall–Kier alpha value is -2.79. The molecule has 0 aliphatic heterocycles. The number of hydrogen-bond donors (Lipinski definition) is 2. The van der Waals surface area contributed by atoms with Crippen molar-refractivity contribution in [2.45, 2.75) is 26.1 Å². The maximum atomic E-state index is 5.91. The Kier molecular flexibility index (Phi) is 5.69. The van der Waals surface area contributed by atoms with Crippen molar-refractivity contribution in [3.63, 3.8) is 0 Å². The fourth-order valence-electron chi connectivity index (χ4n) is 2.57. The van der Waals surface area contributed by atoms with Crippen molar-refractivity contribution < 1.29 is 9.47 Å². The second kappa shape index (κ2) is 8.35. The number of H-pyrrole nitrogens is 1. The third kappa shape index (κ3) is 4.61. The van der Waals surface area contributed by atoms with Gasteiger partial charge in [0.1, 0.15) is 12.4 Å². The Morgan fingerprint density at radius 1 is 1.12 bits per heavy atom. The summed E-state index contributed by atoms with van der Waals surface area (Å²) in [5.74, 6) is 2.40. The van der Waals surface area contributed by atoms with Gasteiger partial charge >= 0.3 is 0 Å². The average Bonchev–Trinajstić information content (AvgIpc) is 3.18. The number of benzene rings is 2. The largest absolute Gasteiger partial charge is 0.493 e. The minimum atomic E-state index is 0.169. The second-order valence-electron chi connectivity index (χ2n) is 5.82. The first-order valence-electron chi connectivity index (χ1n) is 8.32. The van der Waals surface area contributed by atoms with E-state index < -0.39 is 0 Å². The van der Waals surface area contributed by atoms with Crippen LogP contribution in [0.1, 0.15) is 29.9 Å². The van der Waals surface area contributed by atoms with Crippen LogP contribution in [0.25, 0.3) is 0 Å². The number of nitrogens with zero attached hydrogens (tertiary/aromatic N) is 1. The predicted molar refractivity (Wildman–Crippen MR) is 97.6 cm³/mol. The van der Waals surface area contributed by atoms with Crippen LogP contribution in [0.15, 0.2) is 60.9 Å². The first-order valence-corrected chi connectivity index (χ1v) is 8.32. The third-order valence-corrected chi connectivity index (χ3v) is 4.06. The van der Waals surface area contributed by atoms with E-state index in [2.05, 4.69) is 28.3 Å². The number of imidazole rings is 1. The van der Waals surface area contributed by atoms with Crippen molar-refractivity contribution in [2.24, 2.45) is 0 Å². The summed E-state index contributed by atoms with van der Waals surface area (Å²) in [5, 5.41) is 3.44. The van der Waals surface area contributed by atoms with Crippen LogP contribution in [0.2, 0.25) is 0 Å². The van der Waals surface area contributed by atoms with E-state index in [4.69, 9.17) is 9.47 Å². The van der Waals surface area contributed by atoms with E-state index in [0.29, 0.717) is 13.2 Å². The van der Waals surface area contributed by atoms with Gasteiger partial charge in [0.25, 0.3) is 0 Å². The highest BCUT2D eigenvalue weighted by Gasteiger charge is 2.11. The average molecular weight is 337 g/mol. The summed E-state index contributed by atoms with van der Waals surface area (Å²) in [6.07, 6.45) is 3.58. The van der Waals surface area contributed by atoms with Crippen molar-refractivity contribution in [1.82, 2.24) is 15.3 Å². The molecule has 25 heavy (non-hydrogen) atoms. The van der Waals surface area contributed by atoms with E-state index in [1.165, 1.54) is 0 Å². The molecule has 0 bridgehead atoms. The zero-order valence-corrected chi connectivity index (χ0v) is 14.5. The summed E-state index contributed by atoms with van der Waals surface area (Å²) in [4.78, 5) is 7.31. The standard InChI is InChI=1S/C20H23N3O2/c1-15(23-13-20-21-10-11-22-20)17-8-9-18(19(12-17)24-2)25-14-16-6-4-3-5-7-16/h3-12,15,23H,13-14H2,1-2H3,(H,21,22). The van der Waals surface area contributed by atoms with Crippen molar-refractivity contribution >= 4 is 0 Å². The molecule has 2 N–H and O–H groups in total. The van der Waals surface area contributed by atoms with Crippen LogP contribution in [0.3, 0.4) is 0 Å². The Morgan fingerprint density at radius 3 is 2.68 bits per heavy atom. The van der Waals surface area contributed by atoms with Gasteiger partial charge in [-0.25, -0.2) is 4.98 Å². The zero-order chi connectivity index (χ0) is 17.5. The van der Waals surface area contributed by atoms with Crippen molar-refractivity contribution in [3.8, 4) is 11.5 Å². The molecule has 0 saturated carbocycles. The van der Waals surface area contributed by atoms with Crippen LogP contribution < -0.4 is 14.8 Å². The molecular formula is C20H23N3O2. The fraction of sp³-hybridized carbons (Fsp3) is 0.250. The van der Waals surface area contributed by atoms with Gasteiger partial charge in [-0.3, -0.25) is 0 Å². The highest BCUT2D eigenvalue weighted by Crippen LogP contribution is 2.31. The molecule has 3 rings (SSSR count). The monoisotopic (exact) mass is 337 g/mol. The van der Waals surface area contributed by atoms with Gasteiger partial charge in [-0.15, -0.1) is 0 Å². The molecule has 0 aliphatic rings. The lowest BCUT2D eigenvalue weighted by Gasteiger charge is -2.17. The molecule has 0 amide bonds. The zero-order valence-electron chi connectivity index (χ0n) is 14.5. The predicted octanol–water partition coefficient (Wildman–Crippen LogP) is 3.85. The molecular weight excluding hydrogens is 314 g/mol. The normalized spacial score (nSPS) is 11.9. The molecule has 0 fully saturated rings. The molecule has 5 heteroatoms. The molecule has 3 aromatic rings. The number of methoxy groups -OCH3 is 1. The number of nitrogens with one attached hydrogen (secondary N) is 2. The summed E-state index contributed by atoms with van der Waals surface area (Å²) in [5.41, 5.74) is 2.26. The molecule has 1 unspecified atom stereocenters. The lowest BCUT2D eigenvalue weighted by molar-refractivity contribution is 0.284. The van der Waals surface area contributed by atoms with Gasteiger partial charge in [-0.05, 0) is 30.2 Å². The van der Waals surface area contributed by atoms with Gasteiger partial charge in [-0.1, -0.05) is 36.4 Å². The highest BCUT2D eigenvalue weighted by atomic mass is 16.5. The van der Waals surface area contributed by atoms with Crippen molar-refractivity contribution in [1.29, 1.82) is 0 Å². The van der Waals surface area contributed by atoms with E-state index in [9.17, 15) is 0 Å². The molecule has 130 valence electrons. The maximum Gasteiger partial charge on any atom is 0.161 e. The molecule has 1 atom stereocenters. The number of aromatic amines is 1. The van der Waals surface area contributed by atoms with E-state index in [1.807, 2.05) is 48.7 Å². The molecule has 0 radical (unpaired) electrons. The van der Waals surface area contributed by atoms with Crippen LogP contribution in [0.4, 0.5) is 0 Å². The SMILES string of the molecule is COc1cc(C(C)NCc2ncc[nH]2)ccc1OCc1ccccc1. The highest BCUT2D eigenvalue weighted by molar-refractivity contribution is 5.44. The Morgan fingerprint density at radius 2 is 1.96 bits per heavy atom. The molecule has 0 aliphatic carbocycles. The second-order valence-corrected chi connectivity index (χ2v) is 5.82. The van der Waals surface area contributed by atoms with Gasteiger partial charge in [-0.2, -0.15) is 0 Å². The summed E-state index contributed by atoms with van der Waals surface area (Å²) >= 11 is 0. The fourth-order valence-corrected chi connectivity index (χ4v) is 2.57. The first kappa shape index (κ1) is 17.0. The third-order valence-electron chi connectivity index (χ3n) is 4.06. The summed E-state index contributed by atoms with van der Waals surface area (Å²) in [6, 6.07) is 16.3. The lowest BCUT2D eigenvalue weighted by Crippen LogP contribution is -2.18. The molecule has 0 saturated heterocycles. The Labute approximate surface area is 148 Å². The minimum Gasteiger partial charge on any atom is -0.493 e. The van der Waals surface area contributed by atoms with Crippen LogP contribution in [-0.4, -0.2) is 17.1 Å². The summed E-state index contributed by atoms with van der Waals surface area (Å²) in [6.45, 7) is 3.31. The van der Waals surface area contributed by atoms with Crippen LogP contribution in [0, 0.1) is 0 Å². The van der Waals surface area contributed by atoms with E-state index in [-0.39, 0.29) is 6.04 Å². The smallest absolute Gasteiger partial charge is 0.161 e. The van der Waals surface area contributed by atoms with Crippen molar-refractivity contribution in [3.05, 3.63) is 77.9 Å². The summed E-state index contributed by atoms with van der Waals surface area (Å²) in [7, 11) is 1.66.